The van der Waals surface area contributed by atoms with E-state index in [0.717, 1.165) is 39.6 Å². The van der Waals surface area contributed by atoms with E-state index < -0.39 is 6.35 Å². The number of likely N-dealkylation sites (N-methyl/N-ethyl adjacent to an activating group) is 1. The summed E-state index contributed by atoms with van der Waals surface area (Å²) in [7, 11) is 1.78. The molecule has 0 aliphatic carbocycles. The van der Waals surface area contributed by atoms with Gasteiger partial charge >= 0.3 is 0 Å². The number of benzene rings is 3. The monoisotopic (exact) mass is 488 g/mol. The summed E-state index contributed by atoms with van der Waals surface area (Å²) in [5, 5.41) is 18.5. The largest absolute Gasteiger partial charge is 0.355 e. The lowest BCUT2D eigenvalue weighted by Crippen LogP contribution is -2.39. The summed E-state index contributed by atoms with van der Waals surface area (Å²) in [6, 6.07) is 19.3. The summed E-state index contributed by atoms with van der Waals surface area (Å²) in [5.41, 5.74) is 5.44. The molecule has 6 rings (SSSR count). The number of pyridine rings is 1. The lowest BCUT2D eigenvalue weighted by atomic mass is 9.96. The van der Waals surface area contributed by atoms with Gasteiger partial charge in [-0.15, -0.1) is 0 Å². The van der Waals surface area contributed by atoms with Gasteiger partial charge < -0.3 is 14.6 Å². The van der Waals surface area contributed by atoms with Crippen LogP contribution in [0.2, 0.25) is 5.02 Å². The van der Waals surface area contributed by atoms with Gasteiger partial charge in [-0.3, -0.25) is 4.79 Å². The van der Waals surface area contributed by atoms with E-state index in [1.54, 1.807) is 30.1 Å². The molecule has 8 heteroatoms. The fourth-order valence-corrected chi connectivity index (χ4v) is 5.18. The molecule has 176 valence electrons. The van der Waals surface area contributed by atoms with Crippen molar-refractivity contribution in [2.75, 3.05) is 12.1 Å². The minimum absolute atomic E-state index is 0.0167. The first-order chi connectivity index (χ1) is 16.9. The lowest BCUT2D eigenvalue weighted by Gasteiger charge is -2.24. The second-order valence-corrected chi connectivity index (χ2v) is 9.37. The number of aromatic nitrogens is 1. The zero-order valence-electron chi connectivity index (χ0n) is 18.9. The molecule has 4 aromatic rings. The van der Waals surface area contributed by atoms with Crippen molar-refractivity contribution in [1.82, 2.24) is 9.47 Å². The second-order valence-electron chi connectivity index (χ2n) is 8.93. The fourth-order valence-electron chi connectivity index (χ4n) is 4.99. The highest BCUT2D eigenvalue weighted by Crippen LogP contribution is 2.35. The van der Waals surface area contributed by atoms with Crippen molar-refractivity contribution in [3.05, 3.63) is 99.1 Å². The molecule has 0 amide bonds. The van der Waals surface area contributed by atoms with Gasteiger partial charge in [-0.1, -0.05) is 29.8 Å². The maximum atomic E-state index is 13.4. The van der Waals surface area contributed by atoms with Crippen LogP contribution < -0.4 is 10.6 Å². The van der Waals surface area contributed by atoms with Crippen LogP contribution in [0.15, 0.2) is 76.6 Å². The number of nitrogens with zero attached hydrogens (tertiary/aromatic N) is 4. The van der Waals surface area contributed by atoms with Gasteiger partial charge in [0.25, 0.3) is 5.56 Å². The molecule has 2 aliphatic heterocycles. The molecule has 6 nitrogen and oxygen atoms in total. The van der Waals surface area contributed by atoms with Crippen molar-refractivity contribution in [3.63, 3.8) is 0 Å². The van der Waals surface area contributed by atoms with Crippen LogP contribution in [0.4, 0.5) is 10.1 Å². The average molecular weight is 489 g/mol. The Morgan fingerprint density at radius 3 is 2.69 bits per heavy atom. The predicted molar refractivity (Wildman–Crippen MR) is 136 cm³/mol. The van der Waals surface area contributed by atoms with Crippen molar-refractivity contribution in [2.24, 2.45) is 5.10 Å². The number of aliphatic hydroxyl groups excluding tert-OH is 1. The van der Waals surface area contributed by atoms with Gasteiger partial charge in [0.1, 0.15) is 11.7 Å². The first-order valence-electron chi connectivity index (χ1n) is 11.4. The number of hydrogen-bond donors (Lipinski definition) is 1. The van der Waals surface area contributed by atoms with Crippen LogP contribution in [0.1, 0.15) is 11.1 Å². The molecule has 0 spiro atoms. The number of aryl methyl sites for hydroxylation is 2. The zero-order valence-corrected chi connectivity index (χ0v) is 19.7. The Morgan fingerprint density at radius 2 is 1.91 bits per heavy atom. The number of hydrazone groups is 1. The normalized spacial score (nSPS) is 16.9. The van der Waals surface area contributed by atoms with E-state index in [4.69, 9.17) is 11.6 Å². The molecule has 0 bridgehead atoms. The van der Waals surface area contributed by atoms with Crippen LogP contribution >= 0.6 is 11.6 Å². The SMILES string of the molecule is CN1C(Cc2cc3c4c(c2)c(-c2cccc(Cl)c2)cc(=O)n4CC3)=NN(c2ccc(F)cc2)C1O. The summed E-state index contributed by atoms with van der Waals surface area (Å²) in [4.78, 5) is 14.6. The van der Waals surface area contributed by atoms with E-state index in [1.807, 2.05) is 28.8 Å². The summed E-state index contributed by atoms with van der Waals surface area (Å²) in [6.07, 6.45) is 0.284. The molecular formula is C27H22ClFN4O2. The molecule has 0 saturated carbocycles. The fraction of sp³-hybridized carbons (Fsp3) is 0.185. The smallest absolute Gasteiger partial charge is 0.251 e. The topological polar surface area (TPSA) is 61.1 Å². The summed E-state index contributed by atoms with van der Waals surface area (Å²) < 4.78 is 15.2. The van der Waals surface area contributed by atoms with Gasteiger partial charge in [0.2, 0.25) is 6.35 Å². The Bertz CT molecular complexity index is 1560. The zero-order chi connectivity index (χ0) is 24.3. The third-order valence-electron chi connectivity index (χ3n) is 6.73. The Kier molecular flexibility index (Phi) is 5.12. The Balaban J connectivity index is 1.44. The highest BCUT2D eigenvalue weighted by atomic mass is 35.5. The molecule has 3 aromatic carbocycles. The van der Waals surface area contributed by atoms with E-state index in [1.165, 1.54) is 17.1 Å². The first kappa shape index (κ1) is 21.8. The molecule has 2 aliphatic rings. The number of aliphatic hydroxyl groups is 1. The van der Waals surface area contributed by atoms with E-state index >= 15 is 0 Å². The number of hydrogen-bond acceptors (Lipinski definition) is 5. The van der Waals surface area contributed by atoms with Gasteiger partial charge in [-0.25, -0.2) is 9.40 Å². The number of rotatable bonds is 4. The van der Waals surface area contributed by atoms with Crippen LogP contribution in [0.25, 0.3) is 22.0 Å². The van der Waals surface area contributed by atoms with Gasteiger partial charge in [-0.2, -0.15) is 5.10 Å². The number of halogens is 2. The maximum Gasteiger partial charge on any atom is 0.251 e. The minimum Gasteiger partial charge on any atom is -0.355 e. The molecule has 0 saturated heterocycles. The first-order valence-corrected chi connectivity index (χ1v) is 11.8. The molecule has 1 N–H and O–H groups in total. The van der Waals surface area contributed by atoms with Crippen LogP contribution in [-0.4, -0.2) is 33.8 Å². The Morgan fingerprint density at radius 1 is 1.11 bits per heavy atom. The predicted octanol–water partition coefficient (Wildman–Crippen LogP) is 4.60. The highest BCUT2D eigenvalue weighted by Gasteiger charge is 2.31. The molecule has 1 unspecified atom stereocenters. The van der Waals surface area contributed by atoms with Gasteiger partial charge in [0, 0.05) is 36.5 Å². The number of anilines is 1. The molecule has 35 heavy (non-hydrogen) atoms. The Labute approximate surface area is 206 Å². The van der Waals surface area contributed by atoms with Gasteiger partial charge in [0.15, 0.2) is 0 Å². The molecule has 0 fully saturated rings. The van der Waals surface area contributed by atoms with Crippen LogP contribution in [0.3, 0.4) is 0 Å². The maximum absolute atomic E-state index is 13.4. The third-order valence-corrected chi connectivity index (χ3v) is 6.97. The van der Waals surface area contributed by atoms with Crippen molar-refractivity contribution in [2.45, 2.75) is 25.7 Å². The van der Waals surface area contributed by atoms with Crippen molar-refractivity contribution in [3.8, 4) is 11.1 Å². The van der Waals surface area contributed by atoms with E-state index in [-0.39, 0.29) is 11.4 Å². The van der Waals surface area contributed by atoms with E-state index in [2.05, 4.69) is 17.2 Å². The average Bonchev–Trinajstić information content (AvgIpc) is 3.39. The van der Waals surface area contributed by atoms with E-state index in [9.17, 15) is 14.3 Å². The van der Waals surface area contributed by atoms with Crippen molar-refractivity contribution < 1.29 is 9.50 Å². The molecule has 1 aromatic heterocycles. The lowest BCUT2D eigenvalue weighted by molar-refractivity contribution is 0.0801. The molecule has 0 radical (unpaired) electrons. The van der Waals surface area contributed by atoms with Crippen molar-refractivity contribution >= 4 is 34.0 Å². The van der Waals surface area contributed by atoms with Crippen molar-refractivity contribution in [1.29, 1.82) is 0 Å². The van der Waals surface area contributed by atoms with Crippen LogP contribution in [0, 0.1) is 5.82 Å². The summed E-state index contributed by atoms with van der Waals surface area (Å²) in [5.74, 6) is 0.340. The standard InChI is InChI=1S/C27H22ClFN4O2/c1-31-24(30-33(27(31)35)21-7-5-20(29)6-8-21)13-16-11-18-9-10-32-25(34)15-22(23(12-16)26(18)32)17-3-2-4-19(28)14-17/h2-8,11-12,14-15,27,35H,9-10,13H2,1H3. The third kappa shape index (κ3) is 3.68. The highest BCUT2D eigenvalue weighted by molar-refractivity contribution is 6.30. The van der Waals surface area contributed by atoms with Crippen LogP contribution in [0.5, 0.6) is 0 Å². The molecular weight excluding hydrogens is 467 g/mol. The minimum atomic E-state index is -0.988. The van der Waals surface area contributed by atoms with Gasteiger partial charge in [0.05, 0.1) is 11.2 Å². The van der Waals surface area contributed by atoms with E-state index in [0.29, 0.717) is 29.5 Å². The second kappa shape index (κ2) is 8.22. The summed E-state index contributed by atoms with van der Waals surface area (Å²) in [6.45, 7) is 0.655. The van der Waals surface area contributed by atoms with Crippen LogP contribution in [-0.2, 0) is 19.4 Å². The quantitative estimate of drug-likeness (QED) is 0.456. The Hall–Kier alpha value is -3.68. The molecule has 1 atom stereocenters. The molecule has 3 heterocycles. The van der Waals surface area contributed by atoms with Gasteiger partial charge in [-0.05, 0) is 71.1 Å². The number of amidine groups is 1. The summed E-state index contributed by atoms with van der Waals surface area (Å²) >= 11 is 6.25.